The predicted molar refractivity (Wildman–Crippen MR) is 87.0 cm³/mol. The largest absolute Gasteiger partial charge is 0.338 e. The number of aromatic nitrogens is 2. The van der Waals surface area contributed by atoms with Crippen molar-refractivity contribution in [3.8, 4) is 0 Å². The zero-order valence-corrected chi connectivity index (χ0v) is 14.0. The molecular weight excluding hydrogens is 321 g/mol. The summed E-state index contributed by atoms with van der Waals surface area (Å²) in [5.74, 6) is 1.21. The standard InChI is InChI=1S/C16H17Cl2N3O/c1-20-6-5-19-15(20)9-21(2)16(22)13-8-12(13)11-4-3-10(17)7-14(11)18/h3-7,12-13H,8-9H2,1-2H3/t12-,13+/m0/s1. The number of aryl methyl sites for hydroxylation is 1. The second kappa shape index (κ2) is 5.94. The highest BCUT2D eigenvalue weighted by Crippen LogP contribution is 2.50. The first kappa shape index (κ1) is 15.4. The molecule has 0 unspecified atom stereocenters. The fraction of sp³-hybridized carbons (Fsp3) is 0.375. The van der Waals surface area contributed by atoms with Gasteiger partial charge in [0.05, 0.1) is 6.54 Å². The molecule has 4 nitrogen and oxygen atoms in total. The van der Waals surface area contributed by atoms with Crippen LogP contribution in [0.5, 0.6) is 0 Å². The van der Waals surface area contributed by atoms with Crippen molar-refractivity contribution in [3.63, 3.8) is 0 Å². The van der Waals surface area contributed by atoms with Gasteiger partial charge in [0.15, 0.2) is 0 Å². The lowest BCUT2D eigenvalue weighted by Gasteiger charge is -2.17. The fourth-order valence-electron chi connectivity index (χ4n) is 2.74. The molecule has 0 aliphatic heterocycles. The third-order valence-electron chi connectivity index (χ3n) is 4.15. The van der Waals surface area contributed by atoms with Gasteiger partial charge in [0.1, 0.15) is 5.82 Å². The van der Waals surface area contributed by atoms with Gasteiger partial charge in [-0.2, -0.15) is 0 Å². The van der Waals surface area contributed by atoms with Gasteiger partial charge in [-0.3, -0.25) is 4.79 Å². The summed E-state index contributed by atoms with van der Waals surface area (Å²) in [5, 5.41) is 1.25. The van der Waals surface area contributed by atoms with E-state index in [1.54, 1.807) is 17.2 Å². The van der Waals surface area contributed by atoms with Gasteiger partial charge in [-0.25, -0.2) is 4.98 Å². The molecule has 0 N–H and O–H groups in total. The lowest BCUT2D eigenvalue weighted by Crippen LogP contribution is -2.29. The van der Waals surface area contributed by atoms with Crippen molar-refractivity contribution < 1.29 is 4.79 Å². The van der Waals surface area contributed by atoms with E-state index in [-0.39, 0.29) is 17.7 Å². The Bertz CT molecular complexity index is 713. The number of nitrogens with zero attached hydrogens (tertiary/aromatic N) is 3. The third kappa shape index (κ3) is 2.99. The van der Waals surface area contributed by atoms with E-state index in [2.05, 4.69) is 4.98 Å². The third-order valence-corrected chi connectivity index (χ3v) is 4.71. The van der Waals surface area contributed by atoms with Gasteiger partial charge >= 0.3 is 0 Å². The maximum atomic E-state index is 12.5. The molecule has 2 atom stereocenters. The summed E-state index contributed by atoms with van der Waals surface area (Å²) in [4.78, 5) is 18.5. The molecule has 1 amide bonds. The van der Waals surface area contributed by atoms with Gasteiger partial charge in [0.25, 0.3) is 0 Å². The summed E-state index contributed by atoms with van der Waals surface area (Å²) in [6.07, 6.45) is 4.45. The average Bonchev–Trinajstić information content (AvgIpc) is 3.15. The number of carbonyl (C=O) groups excluding carboxylic acids is 1. The zero-order valence-electron chi connectivity index (χ0n) is 12.5. The van der Waals surface area contributed by atoms with Crippen LogP contribution in [0.25, 0.3) is 0 Å². The molecule has 1 fully saturated rings. The Labute approximate surface area is 139 Å². The van der Waals surface area contributed by atoms with Crippen LogP contribution in [0.1, 0.15) is 23.7 Å². The van der Waals surface area contributed by atoms with Crippen LogP contribution in [-0.4, -0.2) is 27.4 Å². The van der Waals surface area contributed by atoms with Crippen LogP contribution < -0.4 is 0 Å². The molecule has 0 spiro atoms. The first-order chi connectivity index (χ1) is 10.5. The van der Waals surface area contributed by atoms with E-state index in [1.807, 2.05) is 37.0 Å². The molecule has 1 aliphatic rings. The van der Waals surface area contributed by atoms with Crippen molar-refractivity contribution in [1.29, 1.82) is 0 Å². The lowest BCUT2D eigenvalue weighted by atomic mass is 10.1. The van der Waals surface area contributed by atoms with Crippen LogP contribution in [0.15, 0.2) is 30.6 Å². The van der Waals surface area contributed by atoms with E-state index in [0.29, 0.717) is 16.6 Å². The second-order valence-electron chi connectivity index (χ2n) is 5.76. The molecule has 0 saturated heterocycles. The quantitative estimate of drug-likeness (QED) is 0.856. The van der Waals surface area contributed by atoms with Gasteiger partial charge in [-0.15, -0.1) is 0 Å². The van der Waals surface area contributed by atoms with E-state index in [9.17, 15) is 4.79 Å². The van der Waals surface area contributed by atoms with Gasteiger partial charge in [-0.1, -0.05) is 29.3 Å². The number of halogens is 2. The molecule has 2 aromatic rings. The minimum absolute atomic E-state index is 0.00365. The number of rotatable bonds is 4. The Morgan fingerprint density at radius 2 is 2.23 bits per heavy atom. The fourth-order valence-corrected chi connectivity index (χ4v) is 3.28. The summed E-state index contributed by atoms with van der Waals surface area (Å²) < 4.78 is 1.92. The van der Waals surface area contributed by atoms with E-state index >= 15 is 0 Å². The Morgan fingerprint density at radius 3 is 2.86 bits per heavy atom. The maximum Gasteiger partial charge on any atom is 0.226 e. The normalized spacial score (nSPS) is 20.0. The van der Waals surface area contributed by atoms with Crippen LogP contribution in [0.4, 0.5) is 0 Å². The zero-order chi connectivity index (χ0) is 15.9. The minimum atomic E-state index is 0.00365. The second-order valence-corrected chi connectivity index (χ2v) is 6.61. The van der Waals surface area contributed by atoms with Crippen molar-refractivity contribution in [2.45, 2.75) is 18.9 Å². The molecule has 1 aromatic carbocycles. The topological polar surface area (TPSA) is 38.1 Å². The molecule has 116 valence electrons. The van der Waals surface area contributed by atoms with Gasteiger partial charge in [0, 0.05) is 42.5 Å². The van der Waals surface area contributed by atoms with E-state index in [4.69, 9.17) is 23.2 Å². The lowest BCUT2D eigenvalue weighted by molar-refractivity contribution is -0.132. The van der Waals surface area contributed by atoms with Crippen molar-refractivity contribution in [1.82, 2.24) is 14.5 Å². The molecule has 1 aliphatic carbocycles. The van der Waals surface area contributed by atoms with Crippen LogP contribution in [-0.2, 0) is 18.4 Å². The number of benzene rings is 1. The Balaban J connectivity index is 1.66. The number of carbonyl (C=O) groups is 1. The van der Waals surface area contributed by atoms with Crippen molar-refractivity contribution >= 4 is 29.1 Å². The first-order valence-electron chi connectivity index (χ1n) is 7.13. The molecule has 1 aromatic heterocycles. The Morgan fingerprint density at radius 1 is 1.45 bits per heavy atom. The molecular formula is C16H17Cl2N3O. The molecule has 1 saturated carbocycles. The minimum Gasteiger partial charge on any atom is -0.338 e. The van der Waals surface area contributed by atoms with Crippen molar-refractivity contribution in [3.05, 3.63) is 52.0 Å². The average molecular weight is 338 g/mol. The first-order valence-corrected chi connectivity index (χ1v) is 7.89. The SMILES string of the molecule is CN(Cc1nccn1C)C(=O)[C@@H]1C[C@H]1c1ccc(Cl)cc1Cl. The molecule has 0 radical (unpaired) electrons. The van der Waals surface area contributed by atoms with E-state index in [1.165, 1.54) is 0 Å². The van der Waals surface area contributed by atoms with Crippen LogP contribution in [0, 0.1) is 5.92 Å². The molecule has 0 bridgehead atoms. The smallest absolute Gasteiger partial charge is 0.226 e. The molecule has 3 rings (SSSR count). The summed E-state index contributed by atoms with van der Waals surface area (Å²) >= 11 is 12.1. The summed E-state index contributed by atoms with van der Waals surface area (Å²) in [7, 11) is 3.74. The number of imidazole rings is 1. The summed E-state index contributed by atoms with van der Waals surface area (Å²) in [5.41, 5.74) is 1.01. The van der Waals surface area contributed by atoms with Gasteiger partial charge in [0.2, 0.25) is 5.91 Å². The highest BCUT2D eigenvalue weighted by molar-refractivity contribution is 6.35. The molecule has 1 heterocycles. The number of hydrogen-bond acceptors (Lipinski definition) is 2. The highest BCUT2D eigenvalue weighted by Gasteiger charge is 2.46. The van der Waals surface area contributed by atoms with E-state index in [0.717, 1.165) is 17.8 Å². The van der Waals surface area contributed by atoms with Crippen LogP contribution in [0.3, 0.4) is 0 Å². The summed E-state index contributed by atoms with van der Waals surface area (Å²) in [6.45, 7) is 0.514. The van der Waals surface area contributed by atoms with Crippen LogP contribution in [0.2, 0.25) is 10.0 Å². The molecule has 6 heteroatoms. The monoisotopic (exact) mass is 337 g/mol. The van der Waals surface area contributed by atoms with Crippen LogP contribution >= 0.6 is 23.2 Å². The van der Waals surface area contributed by atoms with Crippen molar-refractivity contribution in [2.75, 3.05) is 7.05 Å². The summed E-state index contributed by atoms with van der Waals surface area (Å²) in [6, 6.07) is 5.47. The Hall–Kier alpha value is -1.52. The molecule has 22 heavy (non-hydrogen) atoms. The number of amides is 1. The maximum absolute atomic E-state index is 12.5. The highest BCUT2D eigenvalue weighted by atomic mass is 35.5. The predicted octanol–water partition coefficient (Wildman–Crippen LogP) is 3.49. The van der Waals surface area contributed by atoms with Gasteiger partial charge < -0.3 is 9.47 Å². The van der Waals surface area contributed by atoms with Crippen molar-refractivity contribution in [2.24, 2.45) is 13.0 Å². The number of hydrogen-bond donors (Lipinski definition) is 0. The van der Waals surface area contributed by atoms with Gasteiger partial charge in [-0.05, 0) is 30.0 Å². The van der Waals surface area contributed by atoms with E-state index < -0.39 is 0 Å². The Kier molecular flexibility index (Phi) is 4.15.